The Morgan fingerprint density at radius 1 is 0.978 bits per heavy atom. The number of methoxy groups -OCH3 is 1. The smallest absolute Gasteiger partial charge is 0.254 e. The number of anilines is 1. The standard InChI is InChI=1S/C37H35ClN2O6/c1-45-33-17-28-24(15-32(42)29-11-4-5-12-39(29)37(28)44)16-34(33)46-21-23-8-6-7-22(13-23)14-35(43)40-20-25(19-38)36-27-10-3-2-9-26(27)31(41)18-30(36)40/h2-3,6-10,13,16-18,25,29,41H,4-5,11-12,14-15,19-21H2,1H3/t25-,29+/m1/s1. The Morgan fingerprint density at radius 2 is 1.78 bits per heavy atom. The van der Waals surface area contributed by atoms with E-state index in [-0.39, 0.29) is 54.8 Å². The van der Waals surface area contributed by atoms with Gasteiger partial charge >= 0.3 is 0 Å². The monoisotopic (exact) mass is 638 g/mol. The van der Waals surface area contributed by atoms with E-state index in [1.807, 2.05) is 48.5 Å². The highest BCUT2D eigenvalue weighted by molar-refractivity contribution is 6.19. The van der Waals surface area contributed by atoms with Crippen LogP contribution in [-0.2, 0) is 29.0 Å². The summed E-state index contributed by atoms with van der Waals surface area (Å²) in [7, 11) is 1.53. The molecule has 7 rings (SSSR count). The van der Waals surface area contributed by atoms with Gasteiger partial charge in [-0.05, 0) is 59.0 Å². The largest absolute Gasteiger partial charge is 0.507 e. The van der Waals surface area contributed by atoms with Gasteiger partial charge in [-0.25, -0.2) is 0 Å². The van der Waals surface area contributed by atoms with Crippen LogP contribution in [0.25, 0.3) is 10.8 Å². The van der Waals surface area contributed by atoms with Crippen LogP contribution in [0.2, 0.25) is 0 Å². The molecule has 3 aliphatic heterocycles. The molecule has 0 spiro atoms. The number of phenols is 1. The number of halogens is 1. The quantitative estimate of drug-likeness (QED) is 0.244. The van der Waals surface area contributed by atoms with Crippen LogP contribution >= 0.6 is 11.6 Å². The summed E-state index contributed by atoms with van der Waals surface area (Å²) in [5, 5.41) is 12.4. The molecule has 3 heterocycles. The Hall–Kier alpha value is -4.56. The fourth-order valence-electron chi connectivity index (χ4n) is 7.24. The summed E-state index contributed by atoms with van der Waals surface area (Å²) in [5.74, 6) is 1.20. The van der Waals surface area contributed by atoms with Gasteiger partial charge in [0.05, 0.1) is 25.3 Å². The molecule has 4 aromatic rings. The summed E-state index contributed by atoms with van der Waals surface area (Å²) >= 11 is 6.36. The number of carbonyl (C=O) groups excluding carboxylic acids is 3. The van der Waals surface area contributed by atoms with Crippen molar-refractivity contribution in [1.29, 1.82) is 0 Å². The molecule has 1 saturated heterocycles. The average Bonchev–Trinajstić information content (AvgIpc) is 3.41. The van der Waals surface area contributed by atoms with Crippen molar-refractivity contribution in [2.75, 3.05) is 31.0 Å². The highest BCUT2D eigenvalue weighted by atomic mass is 35.5. The van der Waals surface area contributed by atoms with Gasteiger partial charge in [-0.3, -0.25) is 14.4 Å². The number of phenolic OH excluding ortho intramolecular Hbond substituents is 1. The van der Waals surface area contributed by atoms with Gasteiger partial charge in [-0.15, -0.1) is 11.6 Å². The van der Waals surface area contributed by atoms with Gasteiger partial charge in [-0.2, -0.15) is 0 Å². The van der Waals surface area contributed by atoms with Crippen molar-refractivity contribution in [2.45, 2.75) is 50.7 Å². The van der Waals surface area contributed by atoms with E-state index in [1.54, 1.807) is 28.0 Å². The second-order valence-corrected chi connectivity index (χ2v) is 12.6. The van der Waals surface area contributed by atoms with Crippen LogP contribution in [0.3, 0.4) is 0 Å². The van der Waals surface area contributed by atoms with Crippen molar-refractivity contribution in [3.8, 4) is 17.2 Å². The first-order valence-electron chi connectivity index (χ1n) is 15.7. The number of alkyl halides is 1. The minimum atomic E-state index is -0.366. The Labute approximate surface area is 272 Å². The molecule has 236 valence electrons. The number of ketones is 1. The maximum absolute atomic E-state index is 13.7. The maximum Gasteiger partial charge on any atom is 0.254 e. The molecule has 2 atom stereocenters. The molecule has 46 heavy (non-hydrogen) atoms. The van der Waals surface area contributed by atoms with Crippen molar-refractivity contribution in [1.82, 2.24) is 4.90 Å². The lowest BCUT2D eigenvalue weighted by Gasteiger charge is -2.33. The number of fused-ring (bicyclic) bond motifs is 5. The van der Waals surface area contributed by atoms with Crippen molar-refractivity contribution in [2.24, 2.45) is 0 Å². The number of amides is 2. The molecular formula is C37H35ClN2O6. The van der Waals surface area contributed by atoms with E-state index >= 15 is 0 Å². The number of benzene rings is 4. The lowest BCUT2D eigenvalue weighted by Crippen LogP contribution is -2.46. The number of piperidine rings is 1. The van der Waals surface area contributed by atoms with Crippen molar-refractivity contribution < 1.29 is 29.0 Å². The Kier molecular flexibility index (Phi) is 8.07. The summed E-state index contributed by atoms with van der Waals surface area (Å²) in [6, 6.07) is 20.1. The second kappa shape index (κ2) is 12.3. The Bertz CT molecular complexity index is 1870. The molecular weight excluding hydrogens is 604 g/mol. The van der Waals surface area contributed by atoms with Gasteiger partial charge in [0, 0.05) is 48.3 Å². The topological polar surface area (TPSA) is 96.4 Å². The minimum Gasteiger partial charge on any atom is -0.507 e. The third-order valence-corrected chi connectivity index (χ3v) is 9.87. The minimum absolute atomic E-state index is 0.0337. The van der Waals surface area contributed by atoms with Crippen molar-refractivity contribution in [3.63, 3.8) is 0 Å². The van der Waals surface area contributed by atoms with Crippen molar-refractivity contribution >= 4 is 45.7 Å². The van der Waals surface area contributed by atoms with Crippen molar-refractivity contribution in [3.05, 3.63) is 94.5 Å². The molecule has 0 radical (unpaired) electrons. The van der Waals surface area contributed by atoms with E-state index in [0.717, 1.165) is 40.3 Å². The fourth-order valence-corrected chi connectivity index (χ4v) is 7.49. The predicted octanol–water partition coefficient (Wildman–Crippen LogP) is 6.16. The van der Waals surface area contributed by atoms with Gasteiger partial charge in [0.2, 0.25) is 5.91 Å². The number of aromatic hydroxyl groups is 1. The summed E-state index contributed by atoms with van der Waals surface area (Å²) < 4.78 is 11.8. The molecule has 9 heteroatoms. The van der Waals surface area contributed by atoms with Crippen LogP contribution in [0.5, 0.6) is 17.2 Å². The first kappa shape index (κ1) is 30.1. The summed E-state index contributed by atoms with van der Waals surface area (Å²) in [6.07, 6.45) is 2.89. The zero-order valence-corrected chi connectivity index (χ0v) is 26.4. The van der Waals surface area contributed by atoms with Crippen LogP contribution in [0.1, 0.15) is 57.8 Å². The van der Waals surface area contributed by atoms with E-state index in [4.69, 9.17) is 21.1 Å². The molecule has 3 aliphatic rings. The average molecular weight is 639 g/mol. The number of hydrogen-bond acceptors (Lipinski definition) is 6. The predicted molar refractivity (Wildman–Crippen MR) is 176 cm³/mol. The zero-order valence-electron chi connectivity index (χ0n) is 25.6. The first-order valence-corrected chi connectivity index (χ1v) is 16.3. The van der Waals surface area contributed by atoms with E-state index in [2.05, 4.69) is 0 Å². The lowest BCUT2D eigenvalue weighted by atomic mass is 9.95. The van der Waals surface area contributed by atoms with Gasteiger partial charge in [0.15, 0.2) is 17.3 Å². The molecule has 1 N–H and O–H groups in total. The highest BCUT2D eigenvalue weighted by Crippen LogP contribution is 2.45. The highest BCUT2D eigenvalue weighted by Gasteiger charge is 2.38. The van der Waals surface area contributed by atoms with E-state index in [1.165, 1.54) is 7.11 Å². The summed E-state index contributed by atoms with van der Waals surface area (Å²) in [6.45, 7) is 1.25. The third kappa shape index (κ3) is 5.34. The summed E-state index contributed by atoms with van der Waals surface area (Å²) in [5.41, 5.74) is 4.52. The molecule has 0 aliphatic carbocycles. The number of rotatable bonds is 7. The normalized spacial score (nSPS) is 19.0. The van der Waals surface area contributed by atoms with Gasteiger partial charge in [0.25, 0.3) is 5.91 Å². The molecule has 1 fully saturated rings. The second-order valence-electron chi connectivity index (χ2n) is 12.3. The fraction of sp³-hybridized carbons (Fsp3) is 0.324. The number of Topliss-reactive ketones (excluding diaryl/α,β-unsaturated/α-hetero) is 1. The van der Waals surface area contributed by atoms with Gasteiger partial charge < -0.3 is 24.4 Å². The van der Waals surface area contributed by atoms with Crippen LogP contribution in [0.4, 0.5) is 5.69 Å². The van der Waals surface area contributed by atoms with E-state index in [9.17, 15) is 19.5 Å². The number of ether oxygens (including phenoxy) is 2. The number of nitrogens with zero attached hydrogens (tertiary/aromatic N) is 2. The van der Waals surface area contributed by atoms with Crippen LogP contribution in [-0.4, -0.2) is 59.7 Å². The molecule has 4 aromatic carbocycles. The van der Waals surface area contributed by atoms with E-state index in [0.29, 0.717) is 53.7 Å². The lowest BCUT2D eigenvalue weighted by molar-refractivity contribution is -0.123. The molecule has 8 nitrogen and oxygen atoms in total. The SMILES string of the molecule is COc1cc2c(cc1OCc1cccc(CC(=O)N3C[C@@H](CCl)c4c3cc(O)c3ccccc43)c1)CC(=O)[C@@H]1CCCCN1C2=O. The van der Waals surface area contributed by atoms with Crippen LogP contribution in [0.15, 0.2) is 66.7 Å². The molecule has 0 aromatic heterocycles. The molecule has 2 amide bonds. The summed E-state index contributed by atoms with van der Waals surface area (Å²) in [4.78, 5) is 43.6. The van der Waals surface area contributed by atoms with Crippen LogP contribution in [0, 0.1) is 0 Å². The number of carbonyl (C=O) groups is 3. The maximum atomic E-state index is 13.7. The number of hydrogen-bond donors (Lipinski definition) is 1. The van der Waals surface area contributed by atoms with Gasteiger partial charge in [0.1, 0.15) is 12.4 Å². The molecule has 0 unspecified atom stereocenters. The first-order chi connectivity index (χ1) is 22.4. The molecule has 0 bridgehead atoms. The third-order valence-electron chi connectivity index (χ3n) is 9.49. The van der Waals surface area contributed by atoms with E-state index < -0.39 is 0 Å². The zero-order chi connectivity index (χ0) is 31.9. The Morgan fingerprint density at radius 3 is 2.59 bits per heavy atom. The Balaban J connectivity index is 1.09. The van der Waals surface area contributed by atoms with Gasteiger partial charge in [-0.1, -0.05) is 48.5 Å². The molecule has 0 saturated carbocycles. The van der Waals surface area contributed by atoms with Crippen LogP contribution < -0.4 is 14.4 Å².